The molecule has 83 heavy (non-hydrogen) atoms. The Morgan fingerprint density at radius 1 is 0.253 bits per heavy atom. The zero-order chi connectivity index (χ0) is 59.9. The average molecular weight is 1150 g/mol. The zero-order valence-electron chi connectivity index (χ0n) is 54.4. The van der Waals surface area contributed by atoms with Gasteiger partial charge < -0.3 is 14.2 Å². The predicted molar refractivity (Wildman–Crippen MR) is 362 cm³/mol. The monoisotopic (exact) mass is 1150 g/mol. The first kappa shape index (κ1) is 78.8. The van der Waals surface area contributed by atoms with Gasteiger partial charge in [0.1, 0.15) is 13.2 Å². The van der Waals surface area contributed by atoms with Gasteiger partial charge in [0.25, 0.3) is 0 Å². The molecular weight excluding hydrogens is 1020 g/mol. The van der Waals surface area contributed by atoms with E-state index >= 15 is 0 Å². The highest BCUT2D eigenvalue weighted by Crippen LogP contribution is 2.16. The predicted octanol–water partition coefficient (Wildman–Crippen LogP) is 24.3. The largest absolute Gasteiger partial charge is 0.462 e. The summed E-state index contributed by atoms with van der Waals surface area (Å²) < 4.78 is 16.9. The van der Waals surface area contributed by atoms with E-state index in [2.05, 4.69) is 142 Å². The molecule has 0 rings (SSSR count). The van der Waals surface area contributed by atoms with Gasteiger partial charge in [-0.3, -0.25) is 14.4 Å². The molecule has 6 nitrogen and oxygen atoms in total. The summed E-state index contributed by atoms with van der Waals surface area (Å²) in [4.78, 5) is 38.4. The van der Waals surface area contributed by atoms with Crippen LogP contribution in [0.4, 0.5) is 0 Å². The van der Waals surface area contributed by atoms with Crippen LogP contribution in [0.5, 0.6) is 0 Å². The van der Waals surface area contributed by atoms with Crippen molar-refractivity contribution in [2.75, 3.05) is 13.2 Å². The number of carbonyl (C=O) groups is 3. The number of ether oxygens (including phenoxy) is 3. The molecule has 0 amide bonds. The maximum absolute atomic E-state index is 12.9. The highest BCUT2D eigenvalue weighted by Gasteiger charge is 2.19. The summed E-state index contributed by atoms with van der Waals surface area (Å²) in [7, 11) is 0. The molecule has 0 saturated heterocycles. The van der Waals surface area contributed by atoms with Gasteiger partial charge in [-0.15, -0.1) is 0 Å². The van der Waals surface area contributed by atoms with Crippen LogP contribution in [0, 0.1) is 0 Å². The normalized spacial score (nSPS) is 12.9. The summed E-state index contributed by atoms with van der Waals surface area (Å²) in [6.07, 6.45) is 98.0. The van der Waals surface area contributed by atoms with E-state index in [1.165, 1.54) is 161 Å². The van der Waals surface area contributed by atoms with E-state index in [9.17, 15) is 14.4 Å². The van der Waals surface area contributed by atoms with E-state index in [1.807, 2.05) is 0 Å². The summed E-state index contributed by atoms with van der Waals surface area (Å²) in [5.74, 6) is -0.904. The van der Waals surface area contributed by atoms with Crippen LogP contribution in [-0.2, 0) is 28.6 Å². The molecule has 6 heteroatoms. The lowest BCUT2D eigenvalue weighted by Crippen LogP contribution is -2.30. The van der Waals surface area contributed by atoms with E-state index in [-0.39, 0.29) is 31.1 Å². The van der Waals surface area contributed by atoms with Crippen LogP contribution in [0.1, 0.15) is 329 Å². The van der Waals surface area contributed by atoms with Crippen molar-refractivity contribution in [2.45, 2.75) is 335 Å². The number of carbonyl (C=O) groups excluding carboxylic acids is 3. The first-order valence-electron chi connectivity index (χ1n) is 35.0. The Labute approximate surface area is 513 Å². The molecule has 0 aromatic rings. The van der Waals surface area contributed by atoms with Gasteiger partial charge in [-0.05, 0) is 128 Å². The topological polar surface area (TPSA) is 78.9 Å². The van der Waals surface area contributed by atoms with Gasteiger partial charge in [-0.1, -0.05) is 303 Å². The number of esters is 3. The second kappa shape index (κ2) is 70.3. The van der Waals surface area contributed by atoms with Crippen molar-refractivity contribution >= 4 is 17.9 Å². The van der Waals surface area contributed by atoms with Crippen LogP contribution in [-0.4, -0.2) is 37.2 Å². The van der Waals surface area contributed by atoms with Crippen LogP contribution in [0.3, 0.4) is 0 Å². The molecule has 0 aromatic heterocycles. The standard InChI is InChI=1S/C77H130O6/c1-4-7-10-13-16-19-22-24-26-28-30-32-34-35-36-37-38-39-40-41-43-44-46-48-50-52-55-58-61-64-67-70-76(79)82-73-74(72-81-75(78)69-66-63-60-57-54-21-18-15-12-9-6-3)83-77(80)71-68-65-62-59-56-53-51-49-47-45-42-33-31-29-27-25-23-20-17-14-11-8-5-2/h7,10,15-16,18-19,24,26,29-32,35-36,38-39,41,43,46,48,74H,4-6,8-9,11-14,17,20-23,25,27-28,33-34,37,40,42,44-45,47,49-73H2,1-3H3/b10-7-,18-15-,19-16-,26-24-,31-29-,32-30-,36-35-,39-38-,43-41-,48-46-. The minimum absolute atomic E-state index is 0.0877. The molecular formula is C77H130O6. The van der Waals surface area contributed by atoms with Crippen LogP contribution in [0.2, 0.25) is 0 Å². The molecule has 0 bridgehead atoms. The van der Waals surface area contributed by atoms with Gasteiger partial charge >= 0.3 is 17.9 Å². The van der Waals surface area contributed by atoms with Crippen LogP contribution < -0.4 is 0 Å². The van der Waals surface area contributed by atoms with Crippen molar-refractivity contribution in [2.24, 2.45) is 0 Å². The van der Waals surface area contributed by atoms with Gasteiger partial charge in [-0.2, -0.15) is 0 Å². The smallest absolute Gasteiger partial charge is 0.306 e. The lowest BCUT2D eigenvalue weighted by atomic mass is 10.0. The lowest BCUT2D eigenvalue weighted by Gasteiger charge is -2.18. The molecule has 0 saturated carbocycles. The summed E-state index contributed by atoms with van der Waals surface area (Å²) in [5.41, 5.74) is 0. The van der Waals surface area contributed by atoms with Gasteiger partial charge in [-0.25, -0.2) is 0 Å². The Morgan fingerprint density at radius 2 is 0.482 bits per heavy atom. The SMILES string of the molecule is CC/C=C\C/C=C\C/C=C\C/C=C\C/C=C\C/C=C\C/C=C\C/C=C\CCCCCCCCC(=O)OCC(COC(=O)CCCCCCC/C=C\CCCC)OC(=O)CCCCCCCCCCCCC/C=C\CCCCCCCCCC. The number of hydrogen-bond donors (Lipinski definition) is 0. The van der Waals surface area contributed by atoms with Gasteiger partial charge in [0, 0.05) is 19.3 Å². The zero-order valence-corrected chi connectivity index (χ0v) is 54.4. The summed E-state index contributed by atoms with van der Waals surface area (Å²) in [6.45, 7) is 6.49. The number of unbranched alkanes of at least 4 members (excludes halogenated alkanes) is 32. The second-order valence-electron chi connectivity index (χ2n) is 23.1. The highest BCUT2D eigenvalue weighted by atomic mass is 16.6. The fraction of sp³-hybridized carbons (Fsp3) is 0.701. The molecule has 1 unspecified atom stereocenters. The quantitative estimate of drug-likeness (QED) is 0.0261. The van der Waals surface area contributed by atoms with Crippen molar-refractivity contribution < 1.29 is 28.6 Å². The molecule has 0 aliphatic carbocycles. The molecule has 0 heterocycles. The molecule has 0 aliphatic heterocycles. The van der Waals surface area contributed by atoms with Gasteiger partial charge in [0.05, 0.1) is 0 Å². The van der Waals surface area contributed by atoms with Crippen LogP contribution in [0.15, 0.2) is 122 Å². The Morgan fingerprint density at radius 3 is 0.783 bits per heavy atom. The van der Waals surface area contributed by atoms with Crippen molar-refractivity contribution in [1.29, 1.82) is 0 Å². The average Bonchev–Trinajstić information content (AvgIpc) is 3.48. The van der Waals surface area contributed by atoms with Gasteiger partial charge in [0.2, 0.25) is 0 Å². The first-order valence-corrected chi connectivity index (χ1v) is 35.0. The minimum atomic E-state index is -0.791. The van der Waals surface area contributed by atoms with Crippen molar-refractivity contribution in [3.63, 3.8) is 0 Å². The van der Waals surface area contributed by atoms with E-state index in [0.717, 1.165) is 128 Å². The summed E-state index contributed by atoms with van der Waals surface area (Å²) in [5, 5.41) is 0. The maximum Gasteiger partial charge on any atom is 0.306 e. The summed E-state index contributed by atoms with van der Waals surface area (Å²) in [6, 6.07) is 0. The molecule has 0 spiro atoms. The Bertz CT molecular complexity index is 1700. The van der Waals surface area contributed by atoms with Crippen molar-refractivity contribution in [1.82, 2.24) is 0 Å². The Kier molecular flexibility index (Phi) is 66.7. The third kappa shape index (κ3) is 68.5. The third-order valence-electron chi connectivity index (χ3n) is 14.9. The van der Waals surface area contributed by atoms with Crippen LogP contribution >= 0.6 is 0 Å². The fourth-order valence-corrected chi connectivity index (χ4v) is 9.67. The minimum Gasteiger partial charge on any atom is -0.462 e. The molecule has 474 valence electrons. The first-order chi connectivity index (χ1) is 41.0. The fourth-order valence-electron chi connectivity index (χ4n) is 9.67. The van der Waals surface area contributed by atoms with Crippen molar-refractivity contribution in [3.05, 3.63) is 122 Å². The number of rotatable bonds is 63. The molecule has 0 fully saturated rings. The number of hydrogen-bond acceptors (Lipinski definition) is 6. The van der Waals surface area contributed by atoms with Gasteiger partial charge in [0.15, 0.2) is 6.10 Å². The van der Waals surface area contributed by atoms with E-state index in [4.69, 9.17) is 14.2 Å². The van der Waals surface area contributed by atoms with Crippen LogP contribution in [0.25, 0.3) is 0 Å². The van der Waals surface area contributed by atoms with E-state index in [0.29, 0.717) is 19.3 Å². The highest BCUT2D eigenvalue weighted by molar-refractivity contribution is 5.71. The van der Waals surface area contributed by atoms with E-state index in [1.54, 1.807) is 0 Å². The molecule has 0 aromatic carbocycles. The summed E-state index contributed by atoms with van der Waals surface area (Å²) >= 11 is 0. The third-order valence-corrected chi connectivity index (χ3v) is 14.9. The number of allylic oxidation sites excluding steroid dienone is 20. The molecule has 0 radical (unpaired) electrons. The lowest BCUT2D eigenvalue weighted by molar-refractivity contribution is -0.167. The molecule has 1 atom stereocenters. The molecule has 0 N–H and O–H groups in total. The molecule has 0 aliphatic rings. The van der Waals surface area contributed by atoms with E-state index < -0.39 is 6.10 Å². The maximum atomic E-state index is 12.9. The Hall–Kier alpha value is -4.19. The van der Waals surface area contributed by atoms with Crippen molar-refractivity contribution in [3.8, 4) is 0 Å². The Balaban J connectivity index is 4.29. The second-order valence-corrected chi connectivity index (χ2v) is 23.1.